The SMILES string of the molecule is CN(CCO)c1ccc(-c2cc3nccnc3c(NCC3CN(C(=O)OC(C)(C)C)CCO3)n2)cc1. The Morgan fingerprint density at radius 2 is 2.00 bits per heavy atom. The Bertz CT molecular complexity index is 1180. The molecular weight excluding hydrogens is 460 g/mol. The summed E-state index contributed by atoms with van der Waals surface area (Å²) in [6.07, 6.45) is 2.75. The van der Waals surface area contributed by atoms with Crippen molar-refractivity contribution < 1.29 is 19.4 Å². The number of aliphatic hydroxyl groups is 1. The third-order valence-corrected chi connectivity index (χ3v) is 5.78. The molecular formula is C26H34N6O4. The van der Waals surface area contributed by atoms with Gasteiger partial charge in [-0.05, 0) is 39.0 Å². The molecule has 1 fully saturated rings. The highest BCUT2D eigenvalue weighted by molar-refractivity contribution is 5.88. The second-order valence-electron chi connectivity index (χ2n) is 9.77. The summed E-state index contributed by atoms with van der Waals surface area (Å²) in [5.41, 5.74) is 3.57. The number of amides is 1. The van der Waals surface area contributed by atoms with Crippen LogP contribution in [0.4, 0.5) is 16.3 Å². The second-order valence-corrected chi connectivity index (χ2v) is 9.77. The van der Waals surface area contributed by atoms with E-state index in [1.807, 2.05) is 63.1 Å². The zero-order valence-corrected chi connectivity index (χ0v) is 21.3. The van der Waals surface area contributed by atoms with Gasteiger partial charge in [0.15, 0.2) is 5.82 Å². The van der Waals surface area contributed by atoms with Crippen LogP contribution in [0.25, 0.3) is 22.3 Å². The predicted octanol–water partition coefficient (Wildman–Crippen LogP) is 3.17. The lowest BCUT2D eigenvalue weighted by atomic mass is 10.1. The van der Waals surface area contributed by atoms with Gasteiger partial charge in [-0.1, -0.05) is 12.1 Å². The molecule has 0 saturated carbocycles. The number of aromatic nitrogens is 3. The van der Waals surface area contributed by atoms with E-state index in [9.17, 15) is 9.90 Å². The molecule has 0 bridgehead atoms. The highest BCUT2D eigenvalue weighted by atomic mass is 16.6. The molecule has 192 valence electrons. The fourth-order valence-corrected chi connectivity index (χ4v) is 3.95. The number of carbonyl (C=O) groups is 1. The van der Waals surface area contributed by atoms with Crippen LogP contribution in [-0.2, 0) is 9.47 Å². The molecule has 1 saturated heterocycles. The van der Waals surface area contributed by atoms with Gasteiger partial charge in [-0.25, -0.2) is 14.8 Å². The lowest BCUT2D eigenvalue weighted by Gasteiger charge is -2.34. The van der Waals surface area contributed by atoms with Crippen LogP contribution < -0.4 is 10.2 Å². The van der Waals surface area contributed by atoms with Gasteiger partial charge >= 0.3 is 6.09 Å². The van der Waals surface area contributed by atoms with Gasteiger partial charge in [0.25, 0.3) is 0 Å². The van der Waals surface area contributed by atoms with Gasteiger partial charge in [0.05, 0.1) is 37.1 Å². The fraction of sp³-hybridized carbons (Fsp3) is 0.462. The van der Waals surface area contributed by atoms with Crippen molar-refractivity contribution in [1.82, 2.24) is 19.9 Å². The topological polar surface area (TPSA) is 113 Å². The summed E-state index contributed by atoms with van der Waals surface area (Å²) < 4.78 is 11.4. The summed E-state index contributed by atoms with van der Waals surface area (Å²) in [5, 5.41) is 12.6. The van der Waals surface area contributed by atoms with Gasteiger partial charge in [0, 0.05) is 50.3 Å². The fourth-order valence-electron chi connectivity index (χ4n) is 3.95. The summed E-state index contributed by atoms with van der Waals surface area (Å²) in [6.45, 7) is 8.04. The number of nitrogens with one attached hydrogen (secondary N) is 1. The number of hydrogen-bond donors (Lipinski definition) is 2. The van der Waals surface area contributed by atoms with E-state index in [2.05, 4.69) is 15.3 Å². The third kappa shape index (κ3) is 6.38. The van der Waals surface area contributed by atoms with Crippen LogP contribution in [0.1, 0.15) is 20.8 Å². The first kappa shape index (κ1) is 25.6. The predicted molar refractivity (Wildman–Crippen MR) is 139 cm³/mol. The Morgan fingerprint density at radius 3 is 2.72 bits per heavy atom. The van der Waals surface area contributed by atoms with Crippen LogP contribution in [-0.4, -0.2) is 89.2 Å². The van der Waals surface area contributed by atoms with Crippen LogP contribution in [0.2, 0.25) is 0 Å². The number of pyridine rings is 1. The number of hydrogen-bond acceptors (Lipinski definition) is 9. The molecule has 10 nitrogen and oxygen atoms in total. The van der Waals surface area contributed by atoms with Crippen molar-refractivity contribution >= 4 is 28.6 Å². The average molecular weight is 495 g/mol. The number of anilines is 2. The van der Waals surface area contributed by atoms with Crippen molar-refractivity contribution in [3.63, 3.8) is 0 Å². The number of fused-ring (bicyclic) bond motifs is 1. The van der Waals surface area contributed by atoms with Crippen molar-refractivity contribution in [1.29, 1.82) is 0 Å². The normalized spacial score (nSPS) is 16.1. The van der Waals surface area contributed by atoms with Gasteiger partial charge in [-0.2, -0.15) is 0 Å². The minimum atomic E-state index is -0.544. The summed E-state index contributed by atoms with van der Waals surface area (Å²) in [4.78, 5) is 30.0. The van der Waals surface area contributed by atoms with E-state index in [-0.39, 0.29) is 18.8 Å². The monoisotopic (exact) mass is 494 g/mol. The van der Waals surface area contributed by atoms with E-state index >= 15 is 0 Å². The number of aliphatic hydroxyl groups excluding tert-OH is 1. The number of carbonyl (C=O) groups excluding carboxylic acids is 1. The smallest absolute Gasteiger partial charge is 0.410 e. The quantitative estimate of drug-likeness (QED) is 0.511. The number of nitrogens with zero attached hydrogens (tertiary/aromatic N) is 5. The van der Waals surface area contributed by atoms with Gasteiger partial charge < -0.3 is 29.7 Å². The van der Waals surface area contributed by atoms with E-state index < -0.39 is 5.60 Å². The molecule has 3 heterocycles. The number of likely N-dealkylation sites (N-methyl/N-ethyl adjacent to an activating group) is 1. The zero-order chi connectivity index (χ0) is 25.7. The zero-order valence-electron chi connectivity index (χ0n) is 21.3. The molecule has 0 aliphatic carbocycles. The Kier molecular flexibility index (Phi) is 7.85. The summed E-state index contributed by atoms with van der Waals surface area (Å²) in [7, 11) is 1.94. The summed E-state index contributed by atoms with van der Waals surface area (Å²) in [5.74, 6) is 0.607. The van der Waals surface area contributed by atoms with Crippen molar-refractivity contribution in [3.8, 4) is 11.3 Å². The molecule has 0 spiro atoms. The first-order valence-corrected chi connectivity index (χ1v) is 12.1. The molecule has 1 atom stereocenters. The van der Waals surface area contributed by atoms with E-state index in [0.717, 1.165) is 22.5 Å². The first-order valence-electron chi connectivity index (χ1n) is 12.1. The van der Waals surface area contributed by atoms with Gasteiger partial charge in [-0.3, -0.25) is 4.98 Å². The standard InChI is InChI=1S/C26H34N6O4/c1-26(2,3)36-25(34)32-12-14-35-20(17-32)16-29-24-23-22(27-9-10-28-23)15-21(30-24)18-5-7-19(8-6-18)31(4)11-13-33/h5-10,15,20,33H,11-14,16-17H2,1-4H3,(H,29,30). The van der Waals surface area contributed by atoms with Crippen molar-refractivity contribution in [2.24, 2.45) is 0 Å². The molecule has 1 aliphatic rings. The molecule has 4 rings (SSSR count). The average Bonchev–Trinajstić information content (AvgIpc) is 2.86. The first-order chi connectivity index (χ1) is 17.2. The summed E-state index contributed by atoms with van der Waals surface area (Å²) in [6, 6.07) is 9.92. The van der Waals surface area contributed by atoms with E-state index in [1.54, 1.807) is 17.3 Å². The van der Waals surface area contributed by atoms with Gasteiger partial charge in [0.1, 0.15) is 11.1 Å². The maximum Gasteiger partial charge on any atom is 0.410 e. The maximum absolute atomic E-state index is 12.5. The van der Waals surface area contributed by atoms with E-state index in [1.165, 1.54) is 0 Å². The molecule has 10 heteroatoms. The van der Waals surface area contributed by atoms with Crippen LogP contribution >= 0.6 is 0 Å². The minimum absolute atomic E-state index is 0.0957. The van der Waals surface area contributed by atoms with Crippen LogP contribution in [0.3, 0.4) is 0 Å². The summed E-state index contributed by atoms with van der Waals surface area (Å²) >= 11 is 0. The van der Waals surface area contributed by atoms with E-state index in [0.29, 0.717) is 44.1 Å². The Hall–Kier alpha value is -3.50. The molecule has 1 aromatic carbocycles. The lowest BCUT2D eigenvalue weighted by Crippen LogP contribution is -2.49. The Labute approximate surface area is 211 Å². The van der Waals surface area contributed by atoms with Gasteiger partial charge in [-0.15, -0.1) is 0 Å². The second kappa shape index (κ2) is 11.0. The van der Waals surface area contributed by atoms with Crippen molar-refractivity contribution in [2.75, 3.05) is 56.7 Å². The lowest BCUT2D eigenvalue weighted by molar-refractivity contribution is -0.0371. The number of ether oxygens (including phenoxy) is 2. The van der Waals surface area contributed by atoms with Gasteiger partial charge in [0.2, 0.25) is 0 Å². The number of morpholine rings is 1. The van der Waals surface area contributed by atoms with Crippen molar-refractivity contribution in [3.05, 3.63) is 42.7 Å². The highest BCUT2D eigenvalue weighted by Crippen LogP contribution is 2.27. The Morgan fingerprint density at radius 1 is 1.25 bits per heavy atom. The number of rotatable bonds is 7. The Balaban J connectivity index is 1.51. The van der Waals surface area contributed by atoms with E-state index in [4.69, 9.17) is 14.5 Å². The molecule has 2 N–H and O–H groups in total. The largest absolute Gasteiger partial charge is 0.444 e. The number of benzene rings is 1. The maximum atomic E-state index is 12.5. The molecule has 1 aliphatic heterocycles. The molecule has 1 unspecified atom stereocenters. The minimum Gasteiger partial charge on any atom is -0.444 e. The molecule has 1 amide bonds. The molecule has 2 aromatic heterocycles. The van der Waals surface area contributed by atoms with Crippen LogP contribution in [0.15, 0.2) is 42.7 Å². The molecule has 36 heavy (non-hydrogen) atoms. The van der Waals surface area contributed by atoms with Crippen molar-refractivity contribution in [2.45, 2.75) is 32.5 Å². The van der Waals surface area contributed by atoms with Crippen LogP contribution in [0, 0.1) is 0 Å². The molecule has 0 radical (unpaired) electrons. The third-order valence-electron chi connectivity index (χ3n) is 5.78. The molecule has 3 aromatic rings. The highest BCUT2D eigenvalue weighted by Gasteiger charge is 2.28. The van der Waals surface area contributed by atoms with Crippen LogP contribution in [0.5, 0.6) is 0 Å².